The lowest BCUT2D eigenvalue weighted by atomic mass is 10.1. The molecule has 1 fully saturated rings. The summed E-state index contributed by atoms with van der Waals surface area (Å²) in [6.07, 6.45) is 2.11. The number of hydrogen-bond acceptors (Lipinski definition) is 4. The van der Waals surface area contributed by atoms with Gasteiger partial charge in [0.25, 0.3) is 5.91 Å². The molecule has 0 atom stereocenters. The minimum Gasteiger partial charge on any atom is -0.337 e. The molecule has 1 N–H and O–H groups in total. The summed E-state index contributed by atoms with van der Waals surface area (Å²) in [6, 6.07) is 5.67. The number of benzene rings is 1. The van der Waals surface area contributed by atoms with Crippen LogP contribution in [-0.2, 0) is 0 Å². The molecule has 2 aromatic rings. The predicted molar refractivity (Wildman–Crippen MR) is 96.1 cm³/mol. The highest BCUT2D eigenvalue weighted by molar-refractivity contribution is 6.33. The molecule has 5 nitrogen and oxygen atoms in total. The maximum Gasteiger partial charge on any atom is 0.272 e. The Morgan fingerprint density at radius 3 is 2.50 bits per heavy atom. The van der Waals surface area contributed by atoms with Crippen LogP contribution in [0.5, 0.6) is 0 Å². The topological polar surface area (TPSA) is 58.1 Å². The smallest absolute Gasteiger partial charge is 0.272 e. The van der Waals surface area contributed by atoms with E-state index in [1.807, 2.05) is 37.8 Å². The van der Waals surface area contributed by atoms with Crippen LogP contribution in [0, 0.1) is 20.8 Å². The monoisotopic (exact) mass is 344 g/mol. The molecule has 2 heterocycles. The maximum absolute atomic E-state index is 12.6. The van der Waals surface area contributed by atoms with E-state index in [0.29, 0.717) is 16.7 Å². The lowest BCUT2D eigenvalue weighted by Crippen LogP contribution is -2.28. The van der Waals surface area contributed by atoms with Crippen molar-refractivity contribution >= 4 is 29.1 Å². The van der Waals surface area contributed by atoms with Crippen molar-refractivity contribution in [2.75, 3.05) is 18.4 Å². The average molecular weight is 345 g/mol. The van der Waals surface area contributed by atoms with Crippen LogP contribution < -0.4 is 5.32 Å². The van der Waals surface area contributed by atoms with Crippen LogP contribution in [0.15, 0.2) is 18.2 Å². The highest BCUT2D eigenvalue weighted by Gasteiger charge is 2.21. The summed E-state index contributed by atoms with van der Waals surface area (Å²) in [5, 5.41) is 3.79. The summed E-state index contributed by atoms with van der Waals surface area (Å²) >= 11 is 6.34. The summed E-state index contributed by atoms with van der Waals surface area (Å²) in [6.45, 7) is 7.43. The first-order valence-electron chi connectivity index (χ1n) is 8.13. The second-order valence-corrected chi connectivity index (χ2v) is 6.69. The minimum atomic E-state index is -0.0345. The number of carbonyl (C=O) groups excluding carboxylic acids is 1. The summed E-state index contributed by atoms with van der Waals surface area (Å²) in [5.41, 5.74) is 4.05. The lowest BCUT2D eigenvalue weighted by molar-refractivity contribution is 0.0787. The van der Waals surface area contributed by atoms with Gasteiger partial charge in [0, 0.05) is 18.8 Å². The Morgan fingerprint density at radius 2 is 1.83 bits per heavy atom. The van der Waals surface area contributed by atoms with Gasteiger partial charge in [0.15, 0.2) is 0 Å². The van der Waals surface area contributed by atoms with Crippen LogP contribution >= 0.6 is 11.6 Å². The molecule has 1 aliphatic heterocycles. The minimum absolute atomic E-state index is 0.0345. The van der Waals surface area contributed by atoms with Crippen LogP contribution in [0.2, 0.25) is 5.02 Å². The third-order valence-electron chi connectivity index (χ3n) is 4.14. The van der Waals surface area contributed by atoms with Crippen LogP contribution in [-0.4, -0.2) is 33.9 Å². The predicted octanol–water partition coefficient (Wildman–Crippen LogP) is 4.03. The quantitative estimate of drug-likeness (QED) is 0.913. The largest absolute Gasteiger partial charge is 0.337 e. The number of aryl methyl sites for hydroxylation is 3. The number of nitrogens with one attached hydrogen (secondary N) is 1. The van der Waals surface area contributed by atoms with E-state index in [2.05, 4.69) is 15.3 Å². The van der Waals surface area contributed by atoms with Gasteiger partial charge in [-0.15, -0.1) is 0 Å². The van der Waals surface area contributed by atoms with Gasteiger partial charge >= 0.3 is 0 Å². The highest BCUT2D eigenvalue weighted by Crippen LogP contribution is 2.29. The van der Waals surface area contributed by atoms with Gasteiger partial charge in [-0.2, -0.15) is 0 Å². The SMILES string of the molecule is Cc1cc(C)c(Nc2nc(C)cc(C(=O)N3CCCC3)n2)c(Cl)c1. The van der Waals surface area contributed by atoms with Gasteiger partial charge in [0.05, 0.1) is 10.7 Å². The van der Waals surface area contributed by atoms with E-state index in [4.69, 9.17) is 11.6 Å². The van der Waals surface area contributed by atoms with Crippen LogP contribution in [0.3, 0.4) is 0 Å². The van der Waals surface area contributed by atoms with E-state index >= 15 is 0 Å². The van der Waals surface area contributed by atoms with Crippen molar-refractivity contribution in [2.45, 2.75) is 33.6 Å². The number of aromatic nitrogens is 2. The zero-order valence-electron chi connectivity index (χ0n) is 14.2. The van der Waals surface area contributed by atoms with Gasteiger partial charge < -0.3 is 10.2 Å². The second-order valence-electron chi connectivity index (χ2n) is 6.28. The number of rotatable bonds is 3. The molecule has 1 amide bonds. The van der Waals surface area contributed by atoms with Crippen LogP contribution in [0.1, 0.15) is 40.2 Å². The van der Waals surface area contributed by atoms with Gasteiger partial charge in [-0.3, -0.25) is 4.79 Å². The molecular weight excluding hydrogens is 324 g/mol. The number of hydrogen-bond donors (Lipinski definition) is 1. The van der Waals surface area contributed by atoms with E-state index in [0.717, 1.165) is 48.4 Å². The fourth-order valence-corrected chi connectivity index (χ4v) is 3.37. The molecule has 24 heavy (non-hydrogen) atoms. The molecule has 1 aromatic carbocycles. The second kappa shape index (κ2) is 6.77. The number of likely N-dealkylation sites (tertiary alicyclic amines) is 1. The molecule has 1 saturated heterocycles. The zero-order chi connectivity index (χ0) is 17.3. The Bertz CT molecular complexity index is 762. The Hall–Kier alpha value is -2.14. The Morgan fingerprint density at radius 1 is 1.12 bits per heavy atom. The van der Waals surface area contributed by atoms with Crippen molar-refractivity contribution in [1.82, 2.24) is 14.9 Å². The molecule has 0 saturated carbocycles. The molecule has 0 radical (unpaired) electrons. The number of anilines is 2. The average Bonchev–Trinajstić information content (AvgIpc) is 3.04. The normalized spacial score (nSPS) is 14.1. The zero-order valence-corrected chi connectivity index (χ0v) is 14.9. The van der Waals surface area contributed by atoms with E-state index in [9.17, 15) is 4.79 Å². The third kappa shape index (κ3) is 3.51. The first-order valence-corrected chi connectivity index (χ1v) is 8.50. The van der Waals surface area contributed by atoms with Crippen molar-refractivity contribution in [1.29, 1.82) is 0 Å². The van der Waals surface area contributed by atoms with Crippen molar-refractivity contribution < 1.29 is 4.79 Å². The Labute approximate surface area is 147 Å². The summed E-state index contributed by atoms with van der Waals surface area (Å²) in [7, 11) is 0. The van der Waals surface area contributed by atoms with Gasteiger partial charge in [-0.25, -0.2) is 9.97 Å². The molecule has 1 aromatic heterocycles. The van der Waals surface area contributed by atoms with Crippen molar-refractivity contribution in [2.24, 2.45) is 0 Å². The lowest BCUT2D eigenvalue weighted by Gasteiger charge is -2.16. The standard InChI is InChI=1S/C18H21ClN4O/c1-11-8-12(2)16(14(19)9-11)22-18-20-13(3)10-15(21-18)17(24)23-6-4-5-7-23/h8-10H,4-7H2,1-3H3,(H,20,21,22). The highest BCUT2D eigenvalue weighted by atomic mass is 35.5. The molecule has 0 aliphatic carbocycles. The van der Waals surface area contributed by atoms with Crippen LogP contribution in [0.4, 0.5) is 11.6 Å². The van der Waals surface area contributed by atoms with E-state index in [1.165, 1.54) is 0 Å². The number of halogens is 1. The van der Waals surface area contributed by atoms with Gasteiger partial charge in [0.2, 0.25) is 5.95 Å². The van der Waals surface area contributed by atoms with Gasteiger partial charge in [0.1, 0.15) is 5.69 Å². The number of nitrogens with zero attached hydrogens (tertiary/aromatic N) is 3. The number of amides is 1. The number of carbonyl (C=O) groups is 1. The molecule has 1 aliphatic rings. The first-order chi connectivity index (χ1) is 11.4. The maximum atomic E-state index is 12.6. The fraction of sp³-hybridized carbons (Fsp3) is 0.389. The Balaban J connectivity index is 1.90. The molecule has 0 spiro atoms. The van der Waals surface area contributed by atoms with E-state index in [-0.39, 0.29) is 5.91 Å². The summed E-state index contributed by atoms with van der Waals surface area (Å²) in [5.74, 6) is 0.360. The van der Waals surface area contributed by atoms with Crippen molar-refractivity contribution in [3.05, 3.63) is 45.7 Å². The third-order valence-corrected chi connectivity index (χ3v) is 4.43. The summed E-state index contributed by atoms with van der Waals surface area (Å²) < 4.78 is 0. The van der Waals surface area contributed by atoms with Gasteiger partial charge in [-0.05, 0) is 56.9 Å². The molecule has 0 bridgehead atoms. The van der Waals surface area contributed by atoms with Crippen LogP contribution in [0.25, 0.3) is 0 Å². The fourth-order valence-electron chi connectivity index (χ4n) is 3.00. The van der Waals surface area contributed by atoms with Gasteiger partial charge in [-0.1, -0.05) is 17.7 Å². The molecule has 126 valence electrons. The van der Waals surface area contributed by atoms with Crippen molar-refractivity contribution in [3.8, 4) is 0 Å². The Kier molecular flexibility index (Phi) is 4.71. The molecule has 3 rings (SSSR count). The molecular formula is C18H21ClN4O. The van der Waals surface area contributed by atoms with E-state index in [1.54, 1.807) is 6.07 Å². The summed E-state index contributed by atoms with van der Waals surface area (Å²) in [4.78, 5) is 23.2. The molecule has 6 heteroatoms. The van der Waals surface area contributed by atoms with E-state index < -0.39 is 0 Å². The first kappa shape index (κ1) is 16.7. The molecule has 0 unspecified atom stereocenters. The van der Waals surface area contributed by atoms with Crippen molar-refractivity contribution in [3.63, 3.8) is 0 Å².